The molecule has 0 atom stereocenters. The summed E-state index contributed by atoms with van der Waals surface area (Å²) in [6.07, 6.45) is 0. The third-order valence-corrected chi connectivity index (χ3v) is 2.91. The Morgan fingerprint density at radius 3 is 1.75 bits per heavy atom. The maximum Gasteiger partial charge on any atom is 0.163 e. The van der Waals surface area contributed by atoms with Crippen molar-refractivity contribution in [2.45, 2.75) is 0 Å². The number of carbonyl (C=O) groups excluding carboxylic acids is 1. The first-order valence-electron chi connectivity index (χ1n) is 4.89. The Balaban J connectivity index is 2.34. The SMILES string of the molecule is [CH2]C(=O)c1ccc(-c2ccc(Br)cc2)cc1. The van der Waals surface area contributed by atoms with E-state index in [-0.39, 0.29) is 5.78 Å². The molecule has 0 aromatic heterocycles. The molecule has 1 nitrogen and oxygen atoms in total. The van der Waals surface area contributed by atoms with Crippen LogP contribution in [0.1, 0.15) is 10.4 Å². The Morgan fingerprint density at radius 2 is 1.31 bits per heavy atom. The molecule has 2 heteroatoms. The minimum Gasteiger partial charge on any atom is -0.294 e. The van der Waals surface area contributed by atoms with E-state index in [0.29, 0.717) is 5.56 Å². The zero-order chi connectivity index (χ0) is 11.5. The normalized spacial score (nSPS) is 10.1. The van der Waals surface area contributed by atoms with E-state index >= 15 is 0 Å². The Hall–Kier alpha value is -1.41. The second-order valence-corrected chi connectivity index (χ2v) is 4.42. The molecule has 16 heavy (non-hydrogen) atoms. The molecule has 0 aliphatic rings. The summed E-state index contributed by atoms with van der Waals surface area (Å²) in [5.74, 6) is -0.151. The summed E-state index contributed by atoms with van der Waals surface area (Å²) in [6, 6.07) is 15.5. The lowest BCUT2D eigenvalue weighted by Gasteiger charge is -2.02. The Labute approximate surface area is 103 Å². The first-order valence-corrected chi connectivity index (χ1v) is 5.68. The van der Waals surface area contributed by atoms with Crippen LogP contribution in [0.25, 0.3) is 11.1 Å². The fourth-order valence-corrected chi connectivity index (χ4v) is 1.76. The second kappa shape index (κ2) is 4.62. The van der Waals surface area contributed by atoms with Crippen molar-refractivity contribution in [1.29, 1.82) is 0 Å². The topological polar surface area (TPSA) is 17.1 Å². The molecule has 0 saturated heterocycles. The molecule has 0 unspecified atom stereocenters. The Bertz CT molecular complexity index is 497. The van der Waals surface area contributed by atoms with Crippen LogP contribution in [-0.4, -0.2) is 5.78 Å². The molecule has 0 bridgehead atoms. The van der Waals surface area contributed by atoms with E-state index in [1.807, 2.05) is 36.4 Å². The van der Waals surface area contributed by atoms with Crippen molar-refractivity contribution in [3.8, 4) is 11.1 Å². The zero-order valence-electron chi connectivity index (χ0n) is 8.61. The van der Waals surface area contributed by atoms with Gasteiger partial charge in [0.25, 0.3) is 0 Å². The average Bonchev–Trinajstić information content (AvgIpc) is 2.30. The van der Waals surface area contributed by atoms with E-state index in [1.54, 1.807) is 12.1 Å². The number of benzene rings is 2. The maximum absolute atomic E-state index is 11.0. The van der Waals surface area contributed by atoms with Crippen molar-refractivity contribution >= 4 is 21.7 Å². The lowest BCUT2D eigenvalue weighted by Crippen LogP contribution is -1.91. The van der Waals surface area contributed by atoms with Crippen molar-refractivity contribution in [3.05, 3.63) is 65.5 Å². The summed E-state index contributed by atoms with van der Waals surface area (Å²) in [7, 11) is 0. The van der Waals surface area contributed by atoms with Crippen molar-refractivity contribution in [3.63, 3.8) is 0 Å². The number of rotatable bonds is 2. The molecular formula is C14H10BrO. The molecule has 2 aromatic carbocycles. The third-order valence-electron chi connectivity index (χ3n) is 2.38. The van der Waals surface area contributed by atoms with Gasteiger partial charge in [-0.25, -0.2) is 0 Å². The van der Waals surface area contributed by atoms with Crippen LogP contribution in [-0.2, 0) is 0 Å². The molecule has 0 fully saturated rings. The van der Waals surface area contributed by atoms with Crippen LogP contribution in [0.5, 0.6) is 0 Å². The average molecular weight is 274 g/mol. The summed E-state index contributed by atoms with van der Waals surface area (Å²) < 4.78 is 1.06. The first kappa shape index (κ1) is 11.1. The van der Waals surface area contributed by atoms with Crippen LogP contribution in [0.3, 0.4) is 0 Å². The molecule has 0 amide bonds. The predicted octanol–water partition coefficient (Wildman–Crippen LogP) is 4.13. The Kier molecular flexibility index (Phi) is 3.20. The molecule has 1 radical (unpaired) electrons. The van der Waals surface area contributed by atoms with E-state index in [2.05, 4.69) is 22.9 Å². The smallest absolute Gasteiger partial charge is 0.163 e. The van der Waals surface area contributed by atoms with Crippen molar-refractivity contribution < 1.29 is 4.79 Å². The number of halogens is 1. The van der Waals surface area contributed by atoms with Crippen LogP contribution in [0.4, 0.5) is 0 Å². The molecule has 0 aliphatic heterocycles. The van der Waals surface area contributed by atoms with Gasteiger partial charge in [0.2, 0.25) is 0 Å². The van der Waals surface area contributed by atoms with Crippen molar-refractivity contribution in [1.82, 2.24) is 0 Å². The highest BCUT2D eigenvalue weighted by atomic mass is 79.9. The van der Waals surface area contributed by atoms with Crippen molar-refractivity contribution in [2.75, 3.05) is 0 Å². The highest BCUT2D eigenvalue weighted by Crippen LogP contribution is 2.22. The maximum atomic E-state index is 11.0. The highest BCUT2D eigenvalue weighted by molar-refractivity contribution is 9.10. The van der Waals surface area contributed by atoms with Gasteiger partial charge in [0.05, 0.1) is 0 Å². The lowest BCUT2D eigenvalue weighted by molar-refractivity contribution is 0.104. The summed E-state index contributed by atoms with van der Waals surface area (Å²) in [5, 5.41) is 0. The summed E-state index contributed by atoms with van der Waals surface area (Å²) in [4.78, 5) is 11.0. The largest absolute Gasteiger partial charge is 0.294 e. The van der Waals surface area contributed by atoms with Gasteiger partial charge in [0, 0.05) is 17.0 Å². The van der Waals surface area contributed by atoms with Gasteiger partial charge >= 0.3 is 0 Å². The standard InChI is InChI=1S/C14H10BrO/c1-10(16)11-2-4-12(5-3-11)13-6-8-14(15)9-7-13/h2-9H,1H2. The molecule has 0 heterocycles. The van der Waals surface area contributed by atoms with Crippen LogP contribution in [0, 0.1) is 6.92 Å². The van der Waals surface area contributed by atoms with Gasteiger partial charge in [-0.1, -0.05) is 52.3 Å². The van der Waals surface area contributed by atoms with Gasteiger partial charge in [0.15, 0.2) is 5.78 Å². The van der Waals surface area contributed by atoms with Crippen LogP contribution in [0.15, 0.2) is 53.0 Å². The second-order valence-electron chi connectivity index (χ2n) is 3.51. The minimum absolute atomic E-state index is 0.151. The van der Waals surface area contributed by atoms with Gasteiger partial charge in [-0.3, -0.25) is 4.79 Å². The third kappa shape index (κ3) is 2.39. The first-order chi connectivity index (χ1) is 7.66. The number of hydrogen-bond donors (Lipinski definition) is 0. The highest BCUT2D eigenvalue weighted by Gasteiger charge is 2.00. The van der Waals surface area contributed by atoms with Gasteiger partial charge in [-0.2, -0.15) is 0 Å². The summed E-state index contributed by atoms with van der Waals surface area (Å²) >= 11 is 3.40. The molecule has 0 saturated carbocycles. The monoisotopic (exact) mass is 273 g/mol. The summed E-state index contributed by atoms with van der Waals surface area (Å²) in [6.45, 7) is 3.38. The van der Waals surface area contributed by atoms with E-state index in [1.165, 1.54) is 0 Å². The van der Waals surface area contributed by atoms with Gasteiger partial charge in [0.1, 0.15) is 0 Å². The van der Waals surface area contributed by atoms with Crippen LogP contribution >= 0.6 is 15.9 Å². The predicted molar refractivity (Wildman–Crippen MR) is 69.3 cm³/mol. The molecule has 2 aromatic rings. The number of carbonyl (C=O) groups is 1. The van der Waals surface area contributed by atoms with E-state index < -0.39 is 0 Å². The Morgan fingerprint density at radius 1 is 0.875 bits per heavy atom. The number of hydrogen-bond acceptors (Lipinski definition) is 1. The molecule has 2 rings (SSSR count). The zero-order valence-corrected chi connectivity index (χ0v) is 10.2. The molecule has 79 valence electrons. The molecule has 0 N–H and O–H groups in total. The van der Waals surface area contributed by atoms with Gasteiger partial charge < -0.3 is 0 Å². The number of Topliss-reactive ketones (excluding diaryl/α,β-unsaturated/α-hetero) is 1. The molecular weight excluding hydrogens is 264 g/mol. The van der Waals surface area contributed by atoms with Crippen molar-refractivity contribution in [2.24, 2.45) is 0 Å². The molecule has 0 aliphatic carbocycles. The van der Waals surface area contributed by atoms with E-state index in [0.717, 1.165) is 15.6 Å². The van der Waals surface area contributed by atoms with Gasteiger partial charge in [-0.15, -0.1) is 0 Å². The van der Waals surface area contributed by atoms with E-state index in [4.69, 9.17) is 0 Å². The summed E-state index contributed by atoms with van der Waals surface area (Å²) in [5.41, 5.74) is 2.87. The fraction of sp³-hybridized carbons (Fsp3) is 0. The van der Waals surface area contributed by atoms with E-state index in [9.17, 15) is 4.79 Å². The van der Waals surface area contributed by atoms with Crippen LogP contribution < -0.4 is 0 Å². The fourth-order valence-electron chi connectivity index (χ4n) is 1.49. The minimum atomic E-state index is -0.151. The van der Waals surface area contributed by atoms with Gasteiger partial charge in [-0.05, 0) is 23.3 Å². The molecule has 0 spiro atoms. The quantitative estimate of drug-likeness (QED) is 0.752. The number of ketones is 1. The lowest BCUT2D eigenvalue weighted by atomic mass is 10.0. The van der Waals surface area contributed by atoms with Crippen LogP contribution in [0.2, 0.25) is 0 Å².